The Balaban J connectivity index is 1.42. The van der Waals surface area contributed by atoms with Crippen molar-refractivity contribution < 1.29 is 18.1 Å². The van der Waals surface area contributed by atoms with Crippen molar-refractivity contribution >= 4 is 33.0 Å². The van der Waals surface area contributed by atoms with Gasteiger partial charge in [-0.25, -0.2) is 12.7 Å². The van der Waals surface area contributed by atoms with Crippen molar-refractivity contribution in [2.75, 3.05) is 32.5 Å². The highest BCUT2D eigenvalue weighted by atomic mass is 32.2. The molecule has 0 radical (unpaired) electrons. The van der Waals surface area contributed by atoms with Crippen LogP contribution >= 0.6 is 11.3 Å². The maximum absolute atomic E-state index is 12.7. The van der Waals surface area contributed by atoms with Gasteiger partial charge in [0.25, 0.3) is 5.91 Å². The predicted octanol–water partition coefficient (Wildman–Crippen LogP) is 1.53. The summed E-state index contributed by atoms with van der Waals surface area (Å²) in [5.41, 5.74) is 2.07. The van der Waals surface area contributed by atoms with Crippen molar-refractivity contribution in [2.24, 2.45) is 5.92 Å². The molecule has 4 rings (SSSR count). The SMILES string of the molecule is CN(C)S(=O)(=O)c1ccc(NC(=O)C[NH+]2CCc3sccc3[C@H]2C2CC2)cc1. The molecule has 1 saturated carbocycles. The fraction of sp³-hybridized carbons (Fsp3) is 0.450. The van der Waals surface area contributed by atoms with E-state index >= 15 is 0 Å². The Morgan fingerprint density at radius 1 is 1.21 bits per heavy atom. The minimum atomic E-state index is -3.46. The van der Waals surface area contributed by atoms with Crippen LogP contribution in [0.5, 0.6) is 0 Å². The van der Waals surface area contributed by atoms with Gasteiger partial charge in [-0.2, -0.15) is 0 Å². The van der Waals surface area contributed by atoms with Crippen molar-refractivity contribution in [2.45, 2.75) is 30.2 Å². The van der Waals surface area contributed by atoms with Gasteiger partial charge in [-0.15, -0.1) is 11.3 Å². The minimum Gasteiger partial charge on any atom is -0.321 e. The third kappa shape index (κ3) is 3.87. The molecular weight excluding hydrogens is 394 g/mol. The molecule has 2 aromatic rings. The zero-order chi connectivity index (χ0) is 19.9. The van der Waals surface area contributed by atoms with Gasteiger partial charge in [-0.05, 0) is 48.6 Å². The van der Waals surface area contributed by atoms with Crippen LogP contribution in [-0.4, -0.2) is 45.8 Å². The van der Waals surface area contributed by atoms with E-state index in [-0.39, 0.29) is 10.8 Å². The average molecular weight is 421 g/mol. The number of benzene rings is 1. The summed E-state index contributed by atoms with van der Waals surface area (Å²) in [4.78, 5) is 15.7. The lowest BCUT2D eigenvalue weighted by atomic mass is 9.96. The van der Waals surface area contributed by atoms with Crippen molar-refractivity contribution in [1.82, 2.24) is 4.31 Å². The van der Waals surface area contributed by atoms with E-state index in [0.717, 1.165) is 13.0 Å². The van der Waals surface area contributed by atoms with E-state index in [9.17, 15) is 13.2 Å². The van der Waals surface area contributed by atoms with E-state index in [4.69, 9.17) is 0 Å². The number of carbonyl (C=O) groups excluding carboxylic acids is 1. The van der Waals surface area contributed by atoms with Crippen LogP contribution < -0.4 is 10.2 Å². The Morgan fingerprint density at radius 2 is 1.93 bits per heavy atom. The summed E-state index contributed by atoms with van der Waals surface area (Å²) in [6.07, 6.45) is 3.55. The molecule has 0 spiro atoms. The molecule has 1 aromatic heterocycles. The van der Waals surface area contributed by atoms with Crippen LogP contribution in [0.2, 0.25) is 0 Å². The van der Waals surface area contributed by atoms with Crippen LogP contribution in [-0.2, 0) is 21.2 Å². The molecule has 2 heterocycles. The summed E-state index contributed by atoms with van der Waals surface area (Å²) in [7, 11) is -0.457. The number of nitrogens with one attached hydrogen (secondary N) is 2. The summed E-state index contributed by atoms with van der Waals surface area (Å²) in [6.45, 7) is 1.43. The lowest BCUT2D eigenvalue weighted by molar-refractivity contribution is -0.928. The zero-order valence-corrected chi connectivity index (χ0v) is 17.8. The molecular formula is C20H26N3O3S2+. The van der Waals surface area contributed by atoms with Crippen molar-refractivity contribution in [3.05, 3.63) is 46.2 Å². The van der Waals surface area contributed by atoms with E-state index in [2.05, 4.69) is 16.8 Å². The first-order chi connectivity index (χ1) is 13.4. The fourth-order valence-corrected chi connectivity index (χ4v) is 5.86. The number of hydrogen-bond acceptors (Lipinski definition) is 4. The van der Waals surface area contributed by atoms with Crippen LogP contribution in [0.4, 0.5) is 5.69 Å². The van der Waals surface area contributed by atoms with Crippen LogP contribution in [0.3, 0.4) is 0 Å². The quantitative estimate of drug-likeness (QED) is 0.745. The Labute approximate surface area is 170 Å². The van der Waals surface area contributed by atoms with E-state index in [1.165, 1.54) is 58.7 Å². The van der Waals surface area contributed by atoms with Gasteiger partial charge in [0.2, 0.25) is 10.0 Å². The lowest BCUT2D eigenvalue weighted by Crippen LogP contribution is -3.14. The highest BCUT2D eigenvalue weighted by Gasteiger charge is 2.43. The maximum Gasteiger partial charge on any atom is 0.279 e. The smallest absolute Gasteiger partial charge is 0.279 e. The molecule has 2 atom stereocenters. The molecule has 0 bridgehead atoms. The molecule has 2 aliphatic rings. The number of carbonyl (C=O) groups is 1. The van der Waals surface area contributed by atoms with Crippen LogP contribution in [0, 0.1) is 5.92 Å². The molecule has 150 valence electrons. The second-order valence-electron chi connectivity index (χ2n) is 7.81. The van der Waals surface area contributed by atoms with E-state index in [1.807, 2.05) is 11.3 Å². The summed E-state index contributed by atoms with van der Waals surface area (Å²) in [5, 5.41) is 5.10. The highest BCUT2D eigenvalue weighted by Crippen LogP contribution is 2.42. The fourth-order valence-electron chi connectivity index (χ4n) is 4.03. The third-order valence-electron chi connectivity index (χ3n) is 5.63. The van der Waals surface area contributed by atoms with E-state index in [0.29, 0.717) is 24.2 Å². The van der Waals surface area contributed by atoms with Crippen molar-refractivity contribution in [3.63, 3.8) is 0 Å². The second kappa shape index (κ2) is 7.59. The second-order valence-corrected chi connectivity index (χ2v) is 11.0. The molecule has 8 heteroatoms. The number of rotatable bonds is 6. The number of quaternary nitrogens is 1. The topological polar surface area (TPSA) is 70.9 Å². The zero-order valence-electron chi connectivity index (χ0n) is 16.1. The molecule has 0 saturated heterocycles. The van der Waals surface area contributed by atoms with Gasteiger partial charge in [0, 0.05) is 42.6 Å². The van der Waals surface area contributed by atoms with Crippen LogP contribution in [0.15, 0.2) is 40.6 Å². The molecule has 1 unspecified atom stereocenters. The number of nitrogens with zero attached hydrogens (tertiary/aromatic N) is 1. The molecule has 6 nitrogen and oxygen atoms in total. The number of thiophene rings is 1. The van der Waals surface area contributed by atoms with Gasteiger partial charge in [-0.1, -0.05) is 0 Å². The first-order valence-corrected chi connectivity index (χ1v) is 11.9. The highest BCUT2D eigenvalue weighted by molar-refractivity contribution is 7.89. The van der Waals surface area contributed by atoms with Gasteiger partial charge in [0.15, 0.2) is 6.54 Å². The Hall–Kier alpha value is -1.74. The number of hydrogen-bond donors (Lipinski definition) is 2. The summed E-state index contributed by atoms with van der Waals surface area (Å²) < 4.78 is 25.5. The Kier molecular flexibility index (Phi) is 5.30. The van der Waals surface area contributed by atoms with Crippen molar-refractivity contribution in [3.8, 4) is 0 Å². The number of fused-ring (bicyclic) bond motifs is 1. The normalized spacial score (nSPS) is 22.1. The molecule has 1 aliphatic carbocycles. The van der Waals surface area contributed by atoms with Gasteiger partial charge in [0.05, 0.1) is 11.4 Å². The lowest BCUT2D eigenvalue weighted by Gasteiger charge is -2.32. The molecule has 2 N–H and O–H groups in total. The third-order valence-corrected chi connectivity index (χ3v) is 8.45. The Bertz CT molecular complexity index is 963. The minimum absolute atomic E-state index is 0.0254. The molecule has 1 amide bonds. The molecule has 28 heavy (non-hydrogen) atoms. The monoisotopic (exact) mass is 420 g/mol. The number of amides is 1. The molecule has 1 aliphatic heterocycles. The predicted molar refractivity (Wildman–Crippen MR) is 110 cm³/mol. The largest absolute Gasteiger partial charge is 0.321 e. The first kappa shape index (κ1) is 19.6. The van der Waals surface area contributed by atoms with Gasteiger partial charge >= 0.3 is 0 Å². The van der Waals surface area contributed by atoms with Gasteiger partial charge in [-0.3, -0.25) is 4.79 Å². The Morgan fingerprint density at radius 3 is 2.57 bits per heavy atom. The maximum atomic E-state index is 12.7. The number of anilines is 1. The molecule has 1 fully saturated rings. The van der Waals surface area contributed by atoms with Crippen molar-refractivity contribution in [1.29, 1.82) is 0 Å². The number of sulfonamides is 1. The van der Waals surface area contributed by atoms with Crippen LogP contribution in [0.25, 0.3) is 0 Å². The molecule has 1 aromatic carbocycles. The first-order valence-electron chi connectivity index (χ1n) is 9.59. The van der Waals surface area contributed by atoms with E-state index in [1.54, 1.807) is 12.1 Å². The van der Waals surface area contributed by atoms with Gasteiger partial charge < -0.3 is 10.2 Å². The van der Waals surface area contributed by atoms with E-state index < -0.39 is 10.0 Å². The summed E-state index contributed by atoms with van der Waals surface area (Å²) in [6, 6.07) is 9.04. The summed E-state index contributed by atoms with van der Waals surface area (Å²) >= 11 is 1.84. The standard InChI is InChI=1S/C20H25N3O3S2/c1-22(2)28(25,26)16-7-5-15(6-8-16)21-19(24)13-23-11-9-18-17(10-12-27-18)20(23)14-3-4-14/h5-8,10,12,14,20H,3-4,9,11,13H2,1-2H3,(H,21,24)/p+1/t20-/m1/s1. The summed E-state index contributed by atoms with van der Waals surface area (Å²) in [5.74, 6) is 0.675. The van der Waals surface area contributed by atoms with Crippen LogP contribution in [0.1, 0.15) is 29.3 Å². The van der Waals surface area contributed by atoms with Gasteiger partial charge in [0.1, 0.15) is 6.04 Å². The average Bonchev–Trinajstić information content (AvgIpc) is 3.38.